The molecule has 0 aliphatic heterocycles. The first-order chi connectivity index (χ1) is 8.93. The number of carbonyl (C=O) groups is 2. The molecule has 1 aromatic carbocycles. The number of aryl methyl sites for hydroxylation is 1. The van der Waals surface area contributed by atoms with Gasteiger partial charge in [-0.05, 0) is 49.6 Å². The third kappa shape index (κ3) is 4.58. The maximum absolute atomic E-state index is 12.0. The first kappa shape index (κ1) is 15.0. The highest BCUT2D eigenvalue weighted by molar-refractivity contribution is 5.95. The molecule has 0 aromatic heterocycles. The Labute approximate surface area is 113 Å². The van der Waals surface area contributed by atoms with Gasteiger partial charge < -0.3 is 10.4 Å². The molecule has 1 amide bonds. The van der Waals surface area contributed by atoms with Crippen LogP contribution in [0.15, 0.2) is 24.3 Å². The molecule has 0 radical (unpaired) electrons. The van der Waals surface area contributed by atoms with Gasteiger partial charge in [-0.3, -0.25) is 4.79 Å². The monoisotopic (exact) mass is 261 g/mol. The van der Waals surface area contributed by atoms with Crippen molar-refractivity contribution < 1.29 is 14.7 Å². The lowest BCUT2D eigenvalue weighted by Crippen LogP contribution is -2.31. The molecule has 0 saturated carbocycles. The molecule has 2 N–H and O–H groups in total. The normalized spacial score (nSPS) is 12.4. The summed E-state index contributed by atoms with van der Waals surface area (Å²) in [6.07, 6.45) is 3.43. The zero-order valence-electron chi connectivity index (χ0n) is 11.4. The Morgan fingerprint density at radius 3 is 2.68 bits per heavy atom. The summed E-state index contributed by atoms with van der Waals surface area (Å²) in [6, 6.07) is 5.37. The molecular weight excluding hydrogens is 242 g/mol. The molecule has 1 rings (SSSR count). The summed E-state index contributed by atoms with van der Waals surface area (Å²) in [5, 5.41) is 11.5. The average molecular weight is 261 g/mol. The maximum atomic E-state index is 12.0. The molecule has 4 nitrogen and oxygen atoms in total. The molecule has 1 aromatic rings. The van der Waals surface area contributed by atoms with E-state index in [1.807, 2.05) is 26.8 Å². The van der Waals surface area contributed by atoms with E-state index in [2.05, 4.69) is 5.32 Å². The van der Waals surface area contributed by atoms with Crippen molar-refractivity contribution in [3.63, 3.8) is 0 Å². The van der Waals surface area contributed by atoms with E-state index in [4.69, 9.17) is 5.11 Å². The lowest BCUT2D eigenvalue weighted by atomic mass is 10.0. The van der Waals surface area contributed by atoms with Crippen molar-refractivity contribution >= 4 is 18.0 Å². The number of carboxylic acids is 1. The van der Waals surface area contributed by atoms with E-state index >= 15 is 0 Å². The number of carbonyl (C=O) groups excluding carboxylic acids is 1. The number of rotatable bonds is 5. The molecule has 0 aliphatic rings. The highest BCUT2D eigenvalue weighted by Crippen LogP contribution is 2.13. The molecule has 0 heterocycles. The van der Waals surface area contributed by atoms with Crippen molar-refractivity contribution in [2.45, 2.75) is 33.2 Å². The van der Waals surface area contributed by atoms with Gasteiger partial charge in [-0.15, -0.1) is 0 Å². The van der Waals surface area contributed by atoms with Gasteiger partial charge in [0, 0.05) is 17.7 Å². The molecule has 1 unspecified atom stereocenters. The number of benzene rings is 1. The molecule has 19 heavy (non-hydrogen) atoms. The second-order valence-corrected chi connectivity index (χ2v) is 4.53. The molecule has 4 heteroatoms. The van der Waals surface area contributed by atoms with Gasteiger partial charge in [0.2, 0.25) is 0 Å². The number of amides is 1. The molecule has 0 saturated heterocycles. The van der Waals surface area contributed by atoms with Gasteiger partial charge >= 0.3 is 5.97 Å². The van der Waals surface area contributed by atoms with Crippen LogP contribution >= 0.6 is 0 Å². The minimum absolute atomic E-state index is 0.117. The van der Waals surface area contributed by atoms with Crippen LogP contribution in [0.3, 0.4) is 0 Å². The van der Waals surface area contributed by atoms with Crippen molar-refractivity contribution in [1.82, 2.24) is 5.32 Å². The van der Waals surface area contributed by atoms with Crippen LogP contribution < -0.4 is 5.32 Å². The van der Waals surface area contributed by atoms with Crippen molar-refractivity contribution in [1.29, 1.82) is 0 Å². The van der Waals surface area contributed by atoms with E-state index in [1.165, 1.54) is 6.08 Å². The first-order valence-corrected chi connectivity index (χ1v) is 6.26. The van der Waals surface area contributed by atoms with Crippen LogP contribution in [0.2, 0.25) is 0 Å². The summed E-state index contributed by atoms with van der Waals surface area (Å²) in [5.74, 6) is -1.15. The predicted octanol–water partition coefficient (Wildman–Crippen LogP) is 2.62. The Morgan fingerprint density at radius 1 is 1.42 bits per heavy atom. The lowest BCUT2D eigenvalue weighted by molar-refractivity contribution is -0.131. The van der Waals surface area contributed by atoms with Crippen LogP contribution in [0, 0.1) is 6.92 Å². The topological polar surface area (TPSA) is 66.4 Å². The minimum atomic E-state index is -1.01. The van der Waals surface area contributed by atoms with E-state index in [0.29, 0.717) is 5.56 Å². The zero-order chi connectivity index (χ0) is 14.4. The smallest absolute Gasteiger partial charge is 0.328 e. The van der Waals surface area contributed by atoms with Crippen molar-refractivity contribution in [3.8, 4) is 0 Å². The average Bonchev–Trinajstić information content (AvgIpc) is 2.37. The Morgan fingerprint density at radius 2 is 2.11 bits per heavy atom. The predicted molar refractivity (Wildman–Crippen MR) is 75.1 cm³/mol. The zero-order valence-corrected chi connectivity index (χ0v) is 11.4. The van der Waals surface area contributed by atoms with Crippen LogP contribution in [0.25, 0.3) is 6.08 Å². The summed E-state index contributed by atoms with van der Waals surface area (Å²) >= 11 is 0. The molecule has 0 bridgehead atoms. The number of nitrogens with one attached hydrogen (secondary N) is 1. The first-order valence-electron chi connectivity index (χ1n) is 6.26. The maximum Gasteiger partial charge on any atom is 0.328 e. The highest BCUT2D eigenvalue weighted by Gasteiger charge is 2.09. The fourth-order valence-corrected chi connectivity index (χ4v) is 1.53. The molecule has 1 atom stereocenters. The van der Waals surface area contributed by atoms with Gasteiger partial charge in [0.1, 0.15) is 0 Å². The standard InChI is InChI=1S/C15H19NO3/c1-4-11(3)16-15(19)13-6-5-10(2)12(9-13)7-8-14(17)18/h5-9,11H,4H2,1-3H3,(H,16,19)(H,17,18)/b8-7+. The third-order valence-electron chi connectivity index (χ3n) is 2.94. The second kappa shape index (κ2) is 6.73. The van der Waals surface area contributed by atoms with Crippen molar-refractivity contribution in [3.05, 3.63) is 41.0 Å². The fraction of sp³-hybridized carbons (Fsp3) is 0.333. The summed E-state index contributed by atoms with van der Waals surface area (Å²) in [7, 11) is 0. The van der Waals surface area contributed by atoms with Crippen molar-refractivity contribution in [2.24, 2.45) is 0 Å². The van der Waals surface area contributed by atoms with E-state index < -0.39 is 5.97 Å². The summed E-state index contributed by atoms with van der Waals surface area (Å²) < 4.78 is 0. The van der Waals surface area contributed by atoms with Gasteiger partial charge in [0.05, 0.1) is 0 Å². The highest BCUT2D eigenvalue weighted by atomic mass is 16.4. The molecule has 102 valence electrons. The fourth-order valence-electron chi connectivity index (χ4n) is 1.53. The molecule has 0 spiro atoms. The SMILES string of the molecule is CCC(C)NC(=O)c1ccc(C)c(/C=C/C(=O)O)c1. The van der Waals surface area contributed by atoms with Gasteiger partial charge in [0.25, 0.3) is 5.91 Å². The van der Waals surface area contributed by atoms with Crippen LogP contribution in [0.4, 0.5) is 0 Å². The summed E-state index contributed by atoms with van der Waals surface area (Å²) in [4.78, 5) is 22.5. The van der Waals surface area contributed by atoms with E-state index in [-0.39, 0.29) is 11.9 Å². The summed E-state index contributed by atoms with van der Waals surface area (Å²) in [6.45, 7) is 5.82. The molecular formula is C15H19NO3. The van der Waals surface area contributed by atoms with Crippen LogP contribution in [-0.2, 0) is 4.79 Å². The minimum Gasteiger partial charge on any atom is -0.478 e. The molecule has 0 aliphatic carbocycles. The van der Waals surface area contributed by atoms with Gasteiger partial charge in [-0.2, -0.15) is 0 Å². The third-order valence-corrected chi connectivity index (χ3v) is 2.94. The number of aliphatic carboxylic acids is 1. The van der Waals surface area contributed by atoms with Gasteiger partial charge in [-0.1, -0.05) is 13.0 Å². The van der Waals surface area contributed by atoms with Gasteiger partial charge in [0.15, 0.2) is 0 Å². The van der Waals surface area contributed by atoms with Crippen LogP contribution in [-0.4, -0.2) is 23.0 Å². The van der Waals surface area contributed by atoms with Gasteiger partial charge in [-0.25, -0.2) is 4.79 Å². The Balaban J connectivity index is 2.95. The lowest BCUT2D eigenvalue weighted by Gasteiger charge is -2.12. The Hall–Kier alpha value is -2.10. The summed E-state index contributed by atoms with van der Waals surface area (Å²) in [5.41, 5.74) is 2.20. The molecule has 0 fully saturated rings. The van der Waals surface area contributed by atoms with Crippen LogP contribution in [0.1, 0.15) is 41.8 Å². The largest absolute Gasteiger partial charge is 0.478 e. The number of carboxylic acid groups (broad SMARTS) is 1. The second-order valence-electron chi connectivity index (χ2n) is 4.53. The Kier molecular flexibility index (Phi) is 5.30. The van der Waals surface area contributed by atoms with E-state index in [0.717, 1.165) is 23.6 Å². The van der Waals surface area contributed by atoms with Crippen molar-refractivity contribution in [2.75, 3.05) is 0 Å². The quantitative estimate of drug-likeness (QED) is 0.801. The number of hydrogen-bond donors (Lipinski definition) is 2. The van der Waals surface area contributed by atoms with E-state index in [1.54, 1.807) is 12.1 Å². The Bertz CT molecular complexity index is 506. The van der Waals surface area contributed by atoms with E-state index in [9.17, 15) is 9.59 Å². The number of hydrogen-bond acceptors (Lipinski definition) is 2. The van der Waals surface area contributed by atoms with Crippen LogP contribution in [0.5, 0.6) is 0 Å².